The normalized spacial score (nSPS) is 27.0. The second-order valence-corrected chi connectivity index (χ2v) is 12.7. The minimum absolute atomic E-state index is 0.00448. The van der Waals surface area contributed by atoms with Crippen LogP contribution in [0.1, 0.15) is 60.5 Å². The Kier molecular flexibility index (Phi) is 14.3. The lowest BCUT2D eigenvalue weighted by atomic mass is 9.77. The van der Waals surface area contributed by atoms with Gasteiger partial charge in [-0.3, -0.25) is 33.6 Å². The first-order valence-corrected chi connectivity index (χ1v) is 17.1. The van der Waals surface area contributed by atoms with Gasteiger partial charge in [0.25, 0.3) is 0 Å². The highest BCUT2D eigenvalue weighted by atomic mass is 16.8. The number of carbonyl (C=O) groups excluding carboxylic acids is 8. The summed E-state index contributed by atoms with van der Waals surface area (Å²) in [6, 6.07) is 4.48. The maximum absolute atomic E-state index is 13.5. The highest BCUT2D eigenvalue weighted by molar-refractivity contribution is 5.90. The fourth-order valence-electron chi connectivity index (χ4n) is 6.30. The molecule has 0 aliphatic carbocycles. The molecule has 0 saturated carbocycles. The summed E-state index contributed by atoms with van der Waals surface area (Å²) in [6.07, 6.45) is -8.76. The van der Waals surface area contributed by atoms with Gasteiger partial charge >= 0.3 is 47.8 Å². The molecule has 2 saturated heterocycles. The lowest BCUT2D eigenvalue weighted by Crippen LogP contribution is -2.64. The number of carbonyl (C=O) groups is 8. The third-order valence-corrected chi connectivity index (χ3v) is 8.34. The maximum Gasteiger partial charge on any atom is 0.337 e. The molecule has 300 valence electrons. The molecular formula is C36H42O19. The van der Waals surface area contributed by atoms with Crippen molar-refractivity contribution in [2.75, 3.05) is 13.2 Å². The summed E-state index contributed by atoms with van der Waals surface area (Å²) >= 11 is 0. The Balaban J connectivity index is 1.58. The van der Waals surface area contributed by atoms with Gasteiger partial charge in [0.15, 0.2) is 29.8 Å². The third kappa shape index (κ3) is 11.5. The molecular weight excluding hydrogens is 736 g/mol. The van der Waals surface area contributed by atoms with E-state index in [1.54, 1.807) is 13.0 Å². The van der Waals surface area contributed by atoms with Crippen LogP contribution in [0.25, 0.3) is 0 Å². The molecule has 0 radical (unpaired) electrons. The van der Waals surface area contributed by atoms with Crippen molar-refractivity contribution in [3.05, 3.63) is 35.6 Å². The van der Waals surface area contributed by atoms with E-state index in [1.807, 2.05) is 0 Å². The topological polar surface area (TPSA) is 238 Å². The summed E-state index contributed by atoms with van der Waals surface area (Å²) in [6.45, 7) is 7.62. The van der Waals surface area contributed by atoms with E-state index in [0.717, 1.165) is 34.0 Å². The van der Waals surface area contributed by atoms with Gasteiger partial charge in [0, 0.05) is 53.9 Å². The third-order valence-electron chi connectivity index (χ3n) is 8.34. The molecule has 3 aliphatic heterocycles. The van der Waals surface area contributed by atoms with Crippen molar-refractivity contribution >= 4 is 47.8 Å². The highest BCUT2D eigenvalue weighted by Gasteiger charge is 2.56. The summed E-state index contributed by atoms with van der Waals surface area (Å²) in [5.41, 5.74) is 0.556. The fraction of sp³-hybridized carbons (Fsp3) is 0.556. The number of hydrogen-bond acceptors (Lipinski definition) is 19. The SMILES string of the molecule is CC(=O)OC[C@H]1O[C@@H](O[C@@H]2OC=C(C(=O)OCCc3ccc(OC(C)=O)c(OC(C)=O)c3)[C@H]3CC(=O)O[C@H](C)[C@@H]23)[C@H](OC(C)=O)[C@@H](OC(C)=O)[C@@H]1OC(C)=O. The van der Waals surface area contributed by atoms with Crippen LogP contribution in [0.5, 0.6) is 11.5 Å². The van der Waals surface area contributed by atoms with Gasteiger partial charge in [-0.2, -0.15) is 0 Å². The Morgan fingerprint density at radius 1 is 0.727 bits per heavy atom. The van der Waals surface area contributed by atoms with Crippen LogP contribution in [0, 0.1) is 11.8 Å². The highest BCUT2D eigenvalue weighted by Crippen LogP contribution is 2.42. The number of rotatable bonds is 13. The lowest BCUT2D eigenvalue weighted by molar-refractivity contribution is -0.348. The summed E-state index contributed by atoms with van der Waals surface area (Å²) in [7, 11) is 0. The van der Waals surface area contributed by atoms with Gasteiger partial charge in [0.05, 0.1) is 30.8 Å². The standard InChI is InChI=1S/C36H42O19/c1-16-30-24(13-29(43)48-16)25(34(44)45-11-10-23-8-9-26(49-18(3)38)27(12-23)50-19(4)39)14-47-35(30)55-36-33(53-22(7)42)32(52-21(6)41)31(51-20(5)40)28(54-36)15-46-17(2)37/h8-9,12,14,16,24,28,30-33,35-36H,10-11,13,15H2,1-7H3/t16-,24-,28-,30-,31-,32+,33-,35+,36+/m1/s1. The Morgan fingerprint density at radius 3 is 1.96 bits per heavy atom. The Hall–Kier alpha value is -5.56. The quantitative estimate of drug-likeness (QED) is 0.157. The monoisotopic (exact) mass is 778 g/mol. The van der Waals surface area contributed by atoms with Crippen molar-refractivity contribution in [3.8, 4) is 11.5 Å². The Morgan fingerprint density at radius 2 is 1.35 bits per heavy atom. The molecule has 0 aromatic heterocycles. The van der Waals surface area contributed by atoms with Crippen LogP contribution in [-0.2, 0) is 87.4 Å². The zero-order chi connectivity index (χ0) is 40.6. The van der Waals surface area contributed by atoms with Gasteiger partial charge in [-0.25, -0.2) is 4.79 Å². The van der Waals surface area contributed by atoms with E-state index in [-0.39, 0.29) is 36.5 Å². The molecule has 1 aromatic rings. The summed E-state index contributed by atoms with van der Waals surface area (Å²) < 4.78 is 60.8. The Bertz CT molecular complexity index is 1700. The first-order valence-electron chi connectivity index (χ1n) is 17.1. The molecule has 0 bridgehead atoms. The van der Waals surface area contributed by atoms with Crippen molar-refractivity contribution in [3.63, 3.8) is 0 Å². The second kappa shape index (κ2) is 18.7. The smallest absolute Gasteiger partial charge is 0.337 e. The number of cyclic esters (lactones) is 1. The van der Waals surface area contributed by atoms with Crippen LogP contribution in [0.4, 0.5) is 0 Å². The van der Waals surface area contributed by atoms with Gasteiger partial charge in [-0.05, 0) is 24.6 Å². The number of fused-ring (bicyclic) bond motifs is 1. The minimum atomic E-state index is -1.62. The van der Waals surface area contributed by atoms with Crippen LogP contribution in [0.15, 0.2) is 30.0 Å². The first-order chi connectivity index (χ1) is 25.9. The van der Waals surface area contributed by atoms with Crippen molar-refractivity contribution in [2.24, 2.45) is 11.8 Å². The van der Waals surface area contributed by atoms with Gasteiger partial charge < -0.3 is 52.1 Å². The molecule has 3 heterocycles. The largest absolute Gasteiger partial charge is 0.471 e. The van der Waals surface area contributed by atoms with Crippen LogP contribution in [0.2, 0.25) is 0 Å². The van der Waals surface area contributed by atoms with Gasteiger partial charge in [-0.1, -0.05) is 6.07 Å². The van der Waals surface area contributed by atoms with E-state index in [0.29, 0.717) is 5.56 Å². The number of benzene rings is 1. The molecule has 0 N–H and O–H groups in total. The second-order valence-electron chi connectivity index (χ2n) is 12.7. The molecule has 9 atom stereocenters. The van der Waals surface area contributed by atoms with Crippen LogP contribution in [-0.4, -0.2) is 104 Å². The molecule has 19 nitrogen and oxygen atoms in total. The average Bonchev–Trinajstić information content (AvgIpc) is 3.06. The van der Waals surface area contributed by atoms with E-state index >= 15 is 0 Å². The number of esters is 8. The maximum atomic E-state index is 13.5. The predicted molar refractivity (Wildman–Crippen MR) is 177 cm³/mol. The summed E-state index contributed by atoms with van der Waals surface area (Å²) in [5, 5.41) is 0. The number of ether oxygens (including phenoxy) is 11. The predicted octanol–water partition coefficient (Wildman–Crippen LogP) is 1.53. The van der Waals surface area contributed by atoms with Crippen molar-refractivity contribution in [1.82, 2.24) is 0 Å². The van der Waals surface area contributed by atoms with Crippen LogP contribution >= 0.6 is 0 Å². The fourth-order valence-corrected chi connectivity index (χ4v) is 6.30. The molecule has 19 heteroatoms. The van der Waals surface area contributed by atoms with E-state index in [1.165, 1.54) is 26.0 Å². The van der Waals surface area contributed by atoms with E-state index in [9.17, 15) is 38.4 Å². The lowest BCUT2D eigenvalue weighted by Gasteiger charge is -2.47. The average molecular weight is 779 g/mol. The van der Waals surface area contributed by atoms with Gasteiger partial charge in [-0.15, -0.1) is 0 Å². The molecule has 0 unspecified atom stereocenters. The van der Waals surface area contributed by atoms with Crippen LogP contribution in [0.3, 0.4) is 0 Å². The first kappa shape index (κ1) is 42.2. The molecule has 1 aromatic carbocycles. The van der Waals surface area contributed by atoms with E-state index in [2.05, 4.69) is 0 Å². The zero-order valence-corrected chi connectivity index (χ0v) is 31.1. The van der Waals surface area contributed by atoms with Crippen molar-refractivity contribution < 1.29 is 90.5 Å². The molecule has 55 heavy (non-hydrogen) atoms. The molecule has 0 amide bonds. The molecule has 3 aliphatic rings. The van der Waals surface area contributed by atoms with Crippen LogP contribution < -0.4 is 9.47 Å². The number of hydrogen-bond donors (Lipinski definition) is 0. The Labute approximate surface area is 314 Å². The molecule has 2 fully saturated rings. The molecule has 0 spiro atoms. The van der Waals surface area contributed by atoms with Gasteiger partial charge in [0.1, 0.15) is 18.8 Å². The van der Waals surface area contributed by atoms with E-state index < -0.39 is 109 Å². The van der Waals surface area contributed by atoms with Crippen molar-refractivity contribution in [1.29, 1.82) is 0 Å². The van der Waals surface area contributed by atoms with Gasteiger partial charge in [0.2, 0.25) is 12.6 Å². The zero-order valence-electron chi connectivity index (χ0n) is 31.1. The van der Waals surface area contributed by atoms with E-state index in [4.69, 9.17) is 52.1 Å². The molecule has 4 rings (SSSR count). The summed E-state index contributed by atoms with van der Waals surface area (Å²) in [4.78, 5) is 97.5. The van der Waals surface area contributed by atoms with Crippen molar-refractivity contribution in [2.45, 2.75) is 104 Å². The summed E-state index contributed by atoms with van der Waals surface area (Å²) in [5.74, 6) is -7.65. The minimum Gasteiger partial charge on any atom is -0.471 e.